The highest BCUT2D eigenvalue weighted by molar-refractivity contribution is 5.91. The van der Waals surface area contributed by atoms with E-state index in [0.29, 0.717) is 49.6 Å². The maximum Gasteiger partial charge on any atom is 0.410 e. The van der Waals surface area contributed by atoms with E-state index in [1.165, 1.54) is 10.6 Å². The van der Waals surface area contributed by atoms with Crippen LogP contribution in [0.2, 0.25) is 0 Å². The van der Waals surface area contributed by atoms with Crippen LogP contribution in [0.15, 0.2) is 23.0 Å². The van der Waals surface area contributed by atoms with Crippen molar-refractivity contribution in [2.75, 3.05) is 25.1 Å². The minimum Gasteiger partial charge on any atom is -0.444 e. The third-order valence-electron chi connectivity index (χ3n) is 11.7. The van der Waals surface area contributed by atoms with Crippen molar-refractivity contribution in [1.82, 2.24) is 24.1 Å². The van der Waals surface area contributed by atoms with Crippen LogP contribution in [0.5, 0.6) is 0 Å². The molecule has 11 nitrogen and oxygen atoms in total. The minimum atomic E-state index is -1.07. The number of nitrogens with zero attached hydrogens (tertiary/aromatic N) is 5. The average molecular weight is 675 g/mol. The summed E-state index contributed by atoms with van der Waals surface area (Å²) in [4.78, 5) is 48.3. The van der Waals surface area contributed by atoms with Crippen molar-refractivity contribution < 1.29 is 27.8 Å². The van der Waals surface area contributed by atoms with Gasteiger partial charge in [-0.25, -0.2) is 13.6 Å². The molecule has 1 spiro atoms. The first-order valence-electron chi connectivity index (χ1n) is 17.5. The molecule has 9 rings (SSSR count). The van der Waals surface area contributed by atoms with E-state index in [0.717, 1.165) is 43.4 Å². The standard InChI is InChI=1S/C36H40F2N6O5/c1-35(2,3)49-34(47)42-13-12-36(22-7-9-25(22)42)23-16-21(23)30-27(36)32(46)44-33(40-31(41-44)19-10-14-48-15-11-19)43(30)17-26(45)39-24-8-6-20(18-4-5-18)28(37)29(24)38/h6,8,10,18,21-23,25H,4-5,7,9,11-17H2,1-3H3,(H,39,45)/t21-,22+,23+,25-,36-/m0/s1. The van der Waals surface area contributed by atoms with Crippen LogP contribution >= 0.6 is 0 Å². The van der Waals surface area contributed by atoms with Crippen LogP contribution in [0.4, 0.5) is 19.3 Å². The molecule has 2 amide bonds. The number of aromatic nitrogens is 4. The summed E-state index contributed by atoms with van der Waals surface area (Å²) in [5.41, 5.74) is 1.10. The summed E-state index contributed by atoms with van der Waals surface area (Å²) in [5.74, 6) is -1.56. The highest BCUT2D eigenvalue weighted by Crippen LogP contribution is 2.72. The Morgan fingerprint density at radius 2 is 1.94 bits per heavy atom. The lowest BCUT2D eigenvalue weighted by Gasteiger charge is -2.57. The summed E-state index contributed by atoms with van der Waals surface area (Å²) in [6.07, 6.45) is 7.00. The van der Waals surface area contributed by atoms with Gasteiger partial charge in [-0.15, -0.1) is 5.10 Å². The number of halogens is 2. The predicted molar refractivity (Wildman–Crippen MR) is 174 cm³/mol. The quantitative estimate of drug-likeness (QED) is 0.392. The van der Waals surface area contributed by atoms with Crippen molar-refractivity contribution in [3.05, 3.63) is 62.8 Å². The van der Waals surface area contributed by atoms with Crippen molar-refractivity contribution in [3.63, 3.8) is 0 Å². The van der Waals surface area contributed by atoms with Crippen LogP contribution in [0.1, 0.15) is 100 Å². The van der Waals surface area contributed by atoms with Gasteiger partial charge in [0.15, 0.2) is 17.5 Å². The highest BCUT2D eigenvalue weighted by atomic mass is 19.2. The Morgan fingerprint density at radius 3 is 2.63 bits per heavy atom. The van der Waals surface area contributed by atoms with Crippen LogP contribution in [0.3, 0.4) is 0 Å². The molecule has 13 heteroatoms. The van der Waals surface area contributed by atoms with E-state index in [4.69, 9.17) is 19.6 Å². The van der Waals surface area contributed by atoms with Gasteiger partial charge in [0.25, 0.3) is 5.56 Å². The van der Waals surface area contributed by atoms with Crippen molar-refractivity contribution in [3.8, 4) is 0 Å². The molecule has 0 radical (unpaired) electrons. The number of carbonyl (C=O) groups excluding carboxylic acids is 2. The summed E-state index contributed by atoms with van der Waals surface area (Å²) >= 11 is 0. The second kappa shape index (κ2) is 10.7. The second-order valence-corrected chi connectivity index (χ2v) is 15.7. The minimum absolute atomic E-state index is 0.0225. The number of likely N-dealkylation sites (tertiary alicyclic amines) is 1. The van der Waals surface area contributed by atoms with Crippen LogP contribution in [0.25, 0.3) is 11.4 Å². The van der Waals surface area contributed by atoms with Crippen LogP contribution in [-0.2, 0) is 26.2 Å². The predicted octanol–water partition coefficient (Wildman–Crippen LogP) is 5.26. The molecule has 1 N–H and O–H groups in total. The Balaban J connectivity index is 1.12. The van der Waals surface area contributed by atoms with Crippen LogP contribution < -0.4 is 10.9 Å². The van der Waals surface area contributed by atoms with E-state index in [2.05, 4.69) is 5.32 Å². The van der Waals surface area contributed by atoms with Gasteiger partial charge in [0.2, 0.25) is 11.7 Å². The highest BCUT2D eigenvalue weighted by Gasteiger charge is 2.70. The zero-order valence-corrected chi connectivity index (χ0v) is 27.9. The van der Waals surface area contributed by atoms with E-state index < -0.39 is 28.6 Å². The van der Waals surface area contributed by atoms with Gasteiger partial charge in [-0.3, -0.25) is 9.59 Å². The number of rotatable bonds is 5. The first-order valence-corrected chi connectivity index (χ1v) is 17.5. The van der Waals surface area contributed by atoms with Gasteiger partial charge in [0, 0.05) is 35.2 Å². The van der Waals surface area contributed by atoms with Gasteiger partial charge >= 0.3 is 6.09 Å². The second-order valence-electron chi connectivity index (χ2n) is 15.7. The molecule has 49 heavy (non-hydrogen) atoms. The number of hydrogen-bond acceptors (Lipinski definition) is 7. The summed E-state index contributed by atoms with van der Waals surface area (Å²) < 4.78 is 44.4. The number of hydrogen-bond donors (Lipinski definition) is 1. The van der Waals surface area contributed by atoms with Gasteiger partial charge < -0.3 is 24.3 Å². The molecular formula is C36H40F2N6O5. The molecule has 0 bridgehead atoms. The monoisotopic (exact) mass is 674 g/mol. The fraction of sp³-hybridized carbons (Fsp3) is 0.583. The zero-order chi connectivity index (χ0) is 34.0. The maximum atomic E-state index is 15.1. The van der Waals surface area contributed by atoms with Crippen molar-refractivity contribution in [2.45, 2.75) is 101 Å². The molecule has 2 aliphatic heterocycles. The smallest absolute Gasteiger partial charge is 0.410 e. The SMILES string of the molecule is CC(C)(C)OC(=O)N1CC[C@]2(c3c(n(CC(=O)Nc4ccc(C5CC5)c(F)c4F)c4nc(C5=CCOCC5)nn4c3=O)[C@H]3C[C@H]32)[C@@H]2CC[C@@H]21. The third kappa shape index (κ3) is 4.70. The Bertz CT molecular complexity index is 2030. The molecule has 3 aromatic rings. The lowest BCUT2D eigenvalue weighted by Crippen LogP contribution is -2.64. The first-order chi connectivity index (χ1) is 23.5. The topological polar surface area (TPSA) is 120 Å². The summed E-state index contributed by atoms with van der Waals surface area (Å²) in [6, 6.07) is 2.92. The maximum absolute atomic E-state index is 15.1. The van der Waals surface area contributed by atoms with E-state index in [-0.39, 0.29) is 59.4 Å². The molecule has 4 aliphatic carbocycles. The molecule has 1 aromatic carbocycles. The summed E-state index contributed by atoms with van der Waals surface area (Å²) in [5, 5.41) is 7.30. The lowest BCUT2D eigenvalue weighted by atomic mass is 9.54. The van der Waals surface area contributed by atoms with Crippen molar-refractivity contribution in [2.24, 2.45) is 11.8 Å². The van der Waals surface area contributed by atoms with Gasteiger partial charge in [-0.2, -0.15) is 9.50 Å². The molecule has 4 heterocycles. The van der Waals surface area contributed by atoms with E-state index in [1.807, 2.05) is 31.7 Å². The average Bonchev–Trinajstić information content (AvgIpc) is 3.97. The molecule has 6 aliphatic rings. The van der Waals surface area contributed by atoms with Gasteiger partial charge in [-0.05, 0) is 101 Å². The molecule has 5 atom stereocenters. The number of fused-ring (bicyclic) bond motifs is 8. The lowest BCUT2D eigenvalue weighted by molar-refractivity contribution is -0.116. The Labute approximate surface area is 281 Å². The molecule has 258 valence electrons. The number of carbonyl (C=O) groups is 2. The zero-order valence-electron chi connectivity index (χ0n) is 27.9. The Kier molecular flexibility index (Phi) is 6.74. The van der Waals surface area contributed by atoms with Gasteiger partial charge in [0.1, 0.15) is 12.1 Å². The van der Waals surface area contributed by atoms with Crippen LogP contribution in [0, 0.1) is 23.5 Å². The molecule has 3 saturated carbocycles. The molecular weight excluding hydrogens is 634 g/mol. The van der Waals surface area contributed by atoms with E-state index in [9.17, 15) is 18.8 Å². The molecule has 0 unspecified atom stereocenters. The largest absolute Gasteiger partial charge is 0.444 e. The van der Waals surface area contributed by atoms with Gasteiger partial charge in [-0.1, -0.05) is 12.1 Å². The molecule has 1 saturated heterocycles. The fourth-order valence-electron chi connectivity index (χ4n) is 9.30. The first kappa shape index (κ1) is 30.9. The fourth-order valence-corrected chi connectivity index (χ4v) is 9.30. The van der Waals surface area contributed by atoms with Crippen molar-refractivity contribution in [1.29, 1.82) is 0 Å². The Morgan fingerprint density at radius 1 is 1.12 bits per heavy atom. The molecule has 4 fully saturated rings. The van der Waals surface area contributed by atoms with Crippen LogP contribution in [-0.4, -0.2) is 67.5 Å². The number of amides is 2. The number of piperidine rings is 1. The Hall–Kier alpha value is -4.13. The number of anilines is 1. The third-order valence-corrected chi connectivity index (χ3v) is 11.7. The summed E-state index contributed by atoms with van der Waals surface area (Å²) in [6.45, 7) is 6.71. The molecule has 2 aromatic heterocycles. The number of nitrogens with one attached hydrogen (secondary N) is 1. The number of benzene rings is 1. The normalized spacial score (nSPS) is 28.4. The summed E-state index contributed by atoms with van der Waals surface area (Å²) in [7, 11) is 0. The van der Waals surface area contributed by atoms with E-state index in [1.54, 1.807) is 10.6 Å². The number of ether oxygens (including phenoxy) is 2. The van der Waals surface area contributed by atoms with Gasteiger partial charge in [0.05, 0.1) is 18.9 Å². The van der Waals surface area contributed by atoms with Crippen molar-refractivity contribution >= 4 is 29.0 Å². The van der Waals surface area contributed by atoms with E-state index >= 15 is 4.39 Å².